The zero-order valence-corrected chi connectivity index (χ0v) is 12.0. The maximum atomic E-state index is 9.35. The normalized spacial score (nSPS) is 18.2. The molecule has 0 aliphatic heterocycles. The summed E-state index contributed by atoms with van der Waals surface area (Å²) in [6.45, 7) is 5.08. The summed E-state index contributed by atoms with van der Waals surface area (Å²) in [4.78, 5) is 0. The van der Waals surface area contributed by atoms with E-state index in [9.17, 15) is 5.11 Å². The number of benzene rings is 1. The van der Waals surface area contributed by atoms with Crippen molar-refractivity contribution in [2.45, 2.75) is 26.2 Å². The van der Waals surface area contributed by atoms with Gasteiger partial charge in [0.15, 0.2) is 0 Å². The largest absolute Gasteiger partial charge is 0.508 e. The molecule has 0 spiro atoms. The van der Waals surface area contributed by atoms with E-state index in [1.165, 1.54) is 18.4 Å². The molecule has 1 aliphatic carbocycles. The van der Waals surface area contributed by atoms with Crippen LogP contribution in [0.3, 0.4) is 0 Å². The molecule has 2 rings (SSSR count). The van der Waals surface area contributed by atoms with Gasteiger partial charge in [-0.3, -0.25) is 0 Å². The second-order valence-electron chi connectivity index (χ2n) is 5.94. The number of rotatable bonds is 8. The summed E-state index contributed by atoms with van der Waals surface area (Å²) in [5.41, 5.74) is 1.62. The molecule has 1 saturated carbocycles. The summed E-state index contributed by atoms with van der Waals surface area (Å²) in [7, 11) is 1.73. The lowest BCUT2D eigenvalue weighted by molar-refractivity contribution is 0.187. The van der Waals surface area contributed by atoms with Crippen LogP contribution in [0.5, 0.6) is 5.75 Å². The molecule has 2 N–H and O–H groups in total. The van der Waals surface area contributed by atoms with Crippen LogP contribution in [0.1, 0.15) is 25.3 Å². The molecule has 0 aromatic heterocycles. The van der Waals surface area contributed by atoms with Gasteiger partial charge in [0, 0.05) is 20.2 Å². The summed E-state index contributed by atoms with van der Waals surface area (Å²) in [6.07, 6.45) is 3.76. The number of aromatic hydroxyl groups is 1. The third-order valence-corrected chi connectivity index (χ3v) is 4.12. The summed E-state index contributed by atoms with van der Waals surface area (Å²) in [5, 5.41) is 12.9. The molecule has 0 saturated heterocycles. The van der Waals surface area contributed by atoms with Crippen molar-refractivity contribution in [2.24, 2.45) is 11.3 Å². The molecule has 1 aromatic rings. The van der Waals surface area contributed by atoms with Gasteiger partial charge in [0.1, 0.15) is 5.75 Å². The van der Waals surface area contributed by atoms with Crippen molar-refractivity contribution in [3.8, 4) is 5.75 Å². The summed E-state index contributed by atoms with van der Waals surface area (Å²) in [5.74, 6) is 1.17. The fourth-order valence-corrected chi connectivity index (χ4v) is 2.76. The Labute approximate surface area is 116 Å². The highest BCUT2D eigenvalue weighted by atomic mass is 16.5. The number of nitrogens with one attached hydrogen (secondary N) is 1. The first-order valence-electron chi connectivity index (χ1n) is 7.11. The van der Waals surface area contributed by atoms with E-state index >= 15 is 0 Å². The fourth-order valence-electron chi connectivity index (χ4n) is 2.76. The van der Waals surface area contributed by atoms with Gasteiger partial charge in [0.25, 0.3) is 0 Å². The van der Waals surface area contributed by atoms with E-state index in [1.54, 1.807) is 19.2 Å². The highest BCUT2D eigenvalue weighted by Crippen LogP contribution is 2.47. The molecule has 1 aliphatic rings. The summed E-state index contributed by atoms with van der Waals surface area (Å²) < 4.78 is 5.07. The molecule has 3 heteroatoms. The van der Waals surface area contributed by atoms with E-state index in [2.05, 4.69) is 12.2 Å². The maximum absolute atomic E-state index is 9.35. The van der Waals surface area contributed by atoms with E-state index in [0.29, 0.717) is 11.2 Å². The minimum absolute atomic E-state index is 0.310. The number of phenols is 1. The van der Waals surface area contributed by atoms with Crippen LogP contribution in [-0.4, -0.2) is 31.9 Å². The first kappa shape index (κ1) is 14.4. The Balaban J connectivity index is 1.92. The lowest BCUT2D eigenvalue weighted by atomic mass is 9.79. The van der Waals surface area contributed by atoms with Gasteiger partial charge >= 0.3 is 0 Å². The Bertz CT molecular complexity index is 386. The third-order valence-electron chi connectivity index (χ3n) is 4.12. The molecule has 0 heterocycles. The minimum atomic E-state index is 0.310. The molecule has 1 aromatic carbocycles. The lowest BCUT2D eigenvalue weighted by Crippen LogP contribution is -2.37. The number of phenolic OH excluding ortho intramolecular Hbond substituents is 1. The van der Waals surface area contributed by atoms with Crippen molar-refractivity contribution in [2.75, 3.05) is 26.8 Å². The van der Waals surface area contributed by atoms with Crippen LogP contribution < -0.4 is 5.32 Å². The molecule has 1 atom stereocenters. The molecule has 0 radical (unpaired) electrons. The zero-order valence-electron chi connectivity index (χ0n) is 12.0. The van der Waals surface area contributed by atoms with Gasteiger partial charge in [0.2, 0.25) is 0 Å². The maximum Gasteiger partial charge on any atom is 0.115 e. The zero-order chi connectivity index (χ0) is 13.7. The fraction of sp³-hybridized carbons (Fsp3) is 0.625. The average molecular weight is 263 g/mol. The van der Waals surface area contributed by atoms with E-state index in [4.69, 9.17) is 4.74 Å². The van der Waals surface area contributed by atoms with Crippen molar-refractivity contribution >= 4 is 0 Å². The molecular weight excluding hydrogens is 238 g/mol. The predicted octanol–water partition coefficient (Wildman–Crippen LogP) is 2.59. The highest BCUT2D eigenvalue weighted by Gasteiger charge is 2.40. The van der Waals surface area contributed by atoms with Gasteiger partial charge in [-0.2, -0.15) is 0 Å². The SMILES string of the molecule is COCCNCC(C)(Cc1ccc(O)cc1)C1CC1. The Kier molecular flexibility index (Phi) is 4.83. The second kappa shape index (κ2) is 6.40. The number of hydrogen-bond donors (Lipinski definition) is 2. The van der Waals surface area contributed by atoms with Gasteiger partial charge in [-0.1, -0.05) is 19.1 Å². The minimum Gasteiger partial charge on any atom is -0.508 e. The van der Waals surface area contributed by atoms with E-state index in [1.807, 2.05) is 12.1 Å². The molecule has 1 unspecified atom stereocenters. The first-order chi connectivity index (χ1) is 9.14. The van der Waals surface area contributed by atoms with Crippen LogP contribution in [0.25, 0.3) is 0 Å². The quantitative estimate of drug-likeness (QED) is 0.708. The smallest absolute Gasteiger partial charge is 0.115 e. The average Bonchev–Trinajstić information content (AvgIpc) is 3.22. The van der Waals surface area contributed by atoms with Crippen LogP contribution in [0, 0.1) is 11.3 Å². The van der Waals surface area contributed by atoms with Gasteiger partial charge in [0.05, 0.1) is 6.61 Å². The molecule has 19 heavy (non-hydrogen) atoms. The molecule has 1 fully saturated rings. The predicted molar refractivity (Wildman–Crippen MR) is 77.4 cm³/mol. The van der Waals surface area contributed by atoms with Gasteiger partial charge < -0.3 is 15.2 Å². The molecular formula is C16H25NO2. The van der Waals surface area contributed by atoms with Crippen LogP contribution in [0.4, 0.5) is 0 Å². The Hall–Kier alpha value is -1.06. The van der Waals surface area contributed by atoms with Crippen molar-refractivity contribution in [3.63, 3.8) is 0 Å². The topological polar surface area (TPSA) is 41.5 Å². The van der Waals surface area contributed by atoms with E-state index in [-0.39, 0.29) is 0 Å². The summed E-state index contributed by atoms with van der Waals surface area (Å²) >= 11 is 0. The first-order valence-corrected chi connectivity index (χ1v) is 7.11. The Morgan fingerprint density at radius 3 is 2.58 bits per heavy atom. The van der Waals surface area contributed by atoms with Crippen molar-refractivity contribution in [1.82, 2.24) is 5.32 Å². The van der Waals surface area contributed by atoms with E-state index in [0.717, 1.165) is 32.0 Å². The number of hydrogen-bond acceptors (Lipinski definition) is 3. The van der Waals surface area contributed by atoms with Crippen LogP contribution in [0.2, 0.25) is 0 Å². The van der Waals surface area contributed by atoms with Gasteiger partial charge in [-0.05, 0) is 48.3 Å². The summed E-state index contributed by atoms with van der Waals surface area (Å²) in [6, 6.07) is 7.62. The van der Waals surface area contributed by atoms with Crippen molar-refractivity contribution in [1.29, 1.82) is 0 Å². The van der Waals surface area contributed by atoms with Crippen LogP contribution in [0.15, 0.2) is 24.3 Å². The molecule has 3 nitrogen and oxygen atoms in total. The third kappa shape index (κ3) is 4.22. The Morgan fingerprint density at radius 2 is 2.00 bits per heavy atom. The van der Waals surface area contributed by atoms with Crippen LogP contribution >= 0.6 is 0 Å². The Morgan fingerprint density at radius 1 is 1.32 bits per heavy atom. The van der Waals surface area contributed by atoms with Crippen LogP contribution in [-0.2, 0) is 11.2 Å². The van der Waals surface area contributed by atoms with Crippen molar-refractivity contribution in [3.05, 3.63) is 29.8 Å². The monoisotopic (exact) mass is 263 g/mol. The highest BCUT2D eigenvalue weighted by molar-refractivity contribution is 5.27. The van der Waals surface area contributed by atoms with E-state index < -0.39 is 0 Å². The molecule has 0 bridgehead atoms. The number of methoxy groups -OCH3 is 1. The van der Waals surface area contributed by atoms with Gasteiger partial charge in [-0.25, -0.2) is 0 Å². The lowest BCUT2D eigenvalue weighted by Gasteiger charge is -2.30. The van der Waals surface area contributed by atoms with Crippen molar-refractivity contribution < 1.29 is 9.84 Å². The second-order valence-corrected chi connectivity index (χ2v) is 5.94. The number of ether oxygens (including phenoxy) is 1. The van der Waals surface area contributed by atoms with Gasteiger partial charge in [-0.15, -0.1) is 0 Å². The molecule has 106 valence electrons. The molecule has 0 amide bonds. The standard InChI is InChI=1S/C16H25NO2/c1-16(14-5-6-14,12-17-9-10-19-2)11-13-3-7-15(18)8-4-13/h3-4,7-8,14,17-18H,5-6,9-12H2,1-2H3.